The molecule has 2 rings (SSSR count). The highest BCUT2D eigenvalue weighted by Crippen LogP contribution is 2.27. The lowest BCUT2D eigenvalue weighted by Crippen LogP contribution is -2.31. The third-order valence-electron chi connectivity index (χ3n) is 4.04. The monoisotopic (exact) mass is 374 g/mol. The number of rotatable bonds is 10. The van der Waals surface area contributed by atoms with Crippen LogP contribution in [-0.4, -0.2) is 47.4 Å². The summed E-state index contributed by atoms with van der Waals surface area (Å²) in [6, 6.07) is 10.7. The fraction of sp³-hybridized carbons (Fsp3) is 0.350. The van der Waals surface area contributed by atoms with Gasteiger partial charge in [-0.1, -0.05) is 0 Å². The maximum atomic E-state index is 12.3. The van der Waals surface area contributed by atoms with Crippen LogP contribution in [0.2, 0.25) is 0 Å². The summed E-state index contributed by atoms with van der Waals surface area (Å²) >= 11 is 0. The van der Waals surface area contributed by atoms with Gasteiger partial charge in [0.1, 0.15) is 11.5 Å². The molecule has 2 aromatic rings. The molecule has 0 heterocycles. The zero-order valence-electron chi connectivity index (χ0n) is 16.1. The Labute approximate surface area is 159 Å². The minimum atomic E-state index is -0.170. The maximum Gasteiger partial charge on any atom is 0.251 e. The van der Waals surface area contributed by atoms with Gasteiger partial charge in [-0.15, -0.1) is 0 Å². The molecular weight excluding hydrogens is 348 g/mol. The van der Waals surface area contributed by atoms with Crippen molar-refractivity contribution in [2.45, 2.75) is 6.54 Å². The Morgan fingerprint density at radius 2 is 1.52 bits per heavy atom. The summed E-state index contributed by atoms with van der Waals surface area (Å²) in [5, 5.41) is 6.15. The first kappa shape index (κ1) is 20.4. The molecule has 0 spiro atoms. The fourth-order valence-electron chi connectivity index (χ4n) is 2.59. The van der Waals surface area contributed by atoms with Crippen LogP contribution in [0.15, 0.2) is 36.4 Å². The number of hydrogen-bond donors (Lipinski definition) is 2. The van der Waals surface area contributed by atoms with Crippen molar-refractivity contribution in [2.24, 2.45) is 0 Å². The van der Waals surface area contributed by atoms with Crippen LogP contribution < -0.4 is 29.6 Å². The topological polar surface area (TPSA) is 78.1 Å². The highest BCUT2D eigenvalue weighted by Gasteiger charge is 2.10. The Balaban J connectivity index is 1.82. The number of carbonyl (C=O) groups excluding carboxylic acids is 1. The minimum Gasteiger partial charge on any atom is -0.497 e. The third-order valence-corrected chi connectivity index (χ3v) is 4.04. The van der Waals surface area contributed by atoms with Crippen molar-refractivity contribution in [3.8, 4) is 23.0 Å². The summed E-state index contributed by atoms with van der Waals surface area (Å²) in [7, 11) is 6.36. The van der Waals surface area contributed by atoms with E-state index in [0.717, 1.165) is 17.1 Å². The van der Waals surface area contributed by atoms with Crippen LogP contribution in [0.1, 0.15) is 15.9 Å². The van der Waals surface area contributed by atoms with Gasteiger partial charge in [-0.25, -0.2) is 0 Å². The zero-order valence-corrected chi connectivity index (χ0v) is 16.1. The summed E-state index contributed by atoms with van der Waals surface area (Å²) in [4.78, 5) is 12.3. The molecule has 0 atom stereocenters. The molecular formula is C20H26N2O5. The summed E-state index contributed by atoms with van der Waals surface area (Å²) in [6.45, 7) is 1.70. The number of benzene rings is 2. The van der Waals surface area contributed by atoms with Crippen molar-refractivity contribution in [1.29, 1.82) is 0 Å². The lowest BCUT2D eigenvalue weighted by Gasteiger charge is -2.12. The lowest BCUT2D eigenvalue weighted by molar-refractivity contribution is 0.0953. The normalized spacial score (nSPS) is 10.2. The number of nitrogens with one attached hydrogen (secondary N) is 2. The van der Waals surface area contributed by atoms with Crippen molar-refractivity contribution in [2.75, 3.05) is 41.5 Å². The van der Waals surface area contributed by atoms with E-state index in [-0.39, 0.29) is 5.91 Å². The molecule has 146 valence electrons. The van der Waals surface area contributed by atoms with E-state index in [0.29, 0.717) is 36.7 Å². The smallest absolute Gasteiger partial charge is 0.251 e. The number of ether oxygens (including phenoxy) is 4. The molecule has 0 aromatic heterocycles. The van der Waals surface area contributed by atoms with Gasteiger partial charge < -0.3 is 29.6 Å². The summed E-state index contributed by atoms with van der Waals surface area (Å²) < 4.78 is 21.0. The molecule has 0 saturated carbocycles. The molecule has 0 unspecified atom stereocenters. The third kappa shape index (κ3) is 5.52. The van der Waals surface area contributed by atoms with Gasteiger partial charge in [0, 0.05) is 30.8 Å². The average molecular weight is 374 g/mol. The van der Waals surface area contributed by atoms with Crippen LogP contribution in [0, 0.1) is 0 Å². The van der Waals surface area contributed by atoms with Crippen LogP contribution >= 0.6 is 0 Å². The lowest BCUT2D eigenvalue weighted by atomic mass is 10.2. The van der Waals surface area contributed by atoms with Crippen LogP contribution in [0.4, 0.5) is 0 Å². The van der Waals surface area contributed by atoms with E-state index >= 15 is 0 Å². The number of amides is 1. The van der Waals surface area contributed by atoms with Crippen LogP contribution in [-0.2, 0) is 6.54 Å². The predicted molar refractivity (Wildman–Crippen MR) is 103 cm³/mol. The molecule has 0 fully saturated rings. The number of methoxy groups -OCH3 is 4. The van der Waals surface area contributed by atoms with Gasteiger partial charge in [0.25, 0.3) is 5.91 Å². The maximum absolute atomic E-state index is 12.3. The van der Waals surface area contributed by atoms with Gasteiger partial charge in [0.15, 0.2) is 11.5 Å². The molecule has 27 heavy (non-hydrogen) atoms. The van der Waals surface area contributed by atoms with Crippen LogP contribution in [0.25, 0.3) is 0 Å². The minimum absolute atomic E-state index is 0.170. The summed E-state index contributed by atoms with van der Waals surface area (Å²) in [6.07, 6.45) is 0. The molecule has 2 N–H and O–H groups in total. The molecule has 1 amide bonds. The predicted octanol–water partition coefficient (Wildman–Crippen LogP) is 2.24. The first-order chi connectivity index (χ1) is 13.1. The second-order valence-corrected chi connectivity index (χ2v) is 5.68. The first-order valence-corrected chi connectivity index (χ1v) is 8.54. The van der Waals surface area contributed by atoms with E-state index in [1.807, 2.05) is 18.2 Å². The van der Waals surface area contributed by atoms with E-state index in [2.05, 4.69) is 10.6 Å². The Morgan fingerprint density at radius 1 is 0.815 bits per heavy atom. The second-order valence-electron chi connectivity index (χ2n) is 5.68. The SMILES string of the molecule is COc1ccc(OC)c(CNCCNC(=O)c2ccc(OC)c(OC)c2)c1. The van der Waals surface area contributed by atoms with Gasteiger partial charge >= 0.3 is 0 Å². The Kier molecular flexibility index (Phi) is 7.76. The molecule has 0 radical (unpaired) electrons. The highest BCUT2D eigenvalue weighted by atomic mass is 16.5. The zero-order chi connectivity index (χ0) is 19.6. The molecule has 0 aliphatic carbocycles. The van der Waals surface area contributed by atoms with Crippen molar-refractivity contribution in [3.05, 3.63) is 47.5 Å². The Hall–Kier alpha value is -2.93. The van der Waals surface area contributed by atoms with Gasteiger partial charge in [-0.3, -0.25) is 4.79 Å². The van der Waals surface area contributed by atoms with Crippen LogP contribution in [0.3, 0.4) is 0 Å². The van der Waals surface area contributed by atoms with Crippen LogP contribution in [0.5, 0.6) is 23.0 Å². The van der Waals surface area contributed by atoms with E-state index in [4.69, 9.17) is 18.9 Å². The molecule has 2 aromatic carbocycles. The van der Waals surface area contributed by atoms with Gasteiger partial charge in [0.2, 0.25) is 0 Å². The average Bonchev–Trinajstić information content (AvgIpc) is 2.72. The Morgan fingerprint density at radius 3 is 2.19 bits per heavy atom. The van der Waals surface area contributed by atoms with Crippen molar-refractivity contribution in [3.63, 3.8) is 0 Å². The molecule has 7 nitrogen and oxygen atoms in total. The largest absolute Gasteiger partial charge is 0.497 e. The molecule has 0 aliphatic rings. The highest BCUT2D eigenvalue weighted by molar-refractivity contribution is 5.94. The molecule has 0 bridgehead atoms. The van der Waals surface area contributed by atoms with Crippen molar-refractivity contribution >= 4 is 5.91 Å². The first-order valence-electron chi connectivity index (χ1n) is 8.54. The molecule has 0 aliphatic heterocycles. The van der Waals surface area contributed by atoms with E-state index < -0.39 is 0 Å². The summed E-state index contributed by atoms with van der Waals surface area (Å²) in [5.74, 6) is 2.50. The number of hydrogen-bond acceptors (Lipinski definition) is 6. The van der Waals surface area contributed by atoms with Crippen molar-refractivity contribution < 1.29 is 23.7 Å². The number of carbonyl (C=O) groups is 1. The summed E-state index contributed by atoms with van der Waals surface area (Å²) in [5.41, 5.74) is 1.50. The Bertz CT molecular complexity index is 764. The second kappa shape index (κ2) is 10.3. The molecule has 7 heteroatoms. The fourth-order valence-corrected chi connectivity index (χ4v) is 2.59. The van der Waals surface area contributed by atoms with E-state index in [1.54, 1.807) is 39.5 Å². The van der Waals surface area contributed by atoms with Gasteiger partial charge in [0.05, 0.1) is 28.4 Å². The van der Waals surface area contributed by atoms with E-state index in [1.165, 1.54) is 7.11 Å². The molecule has 0 saturated heterocycles. The van der Waals surface area contributed by atoms with Crippen molar-refractivity contribution in [1.82, 2.24) is 10.6 Å². The van der Waals surface area contributed by atoms with Gasteiger partial charge in [-0.2, -0.15) is 0 Å². The quantitative estimate of drug-likeness (QED) is 0.621. The van der Waals surface area contributed by atoms with Gasteiger partial charge in [-0.05, 0) is 36.4 Å². The van der Waals surface area contributed by atoms with E-state index in [9.17, 15) is 4.79 Å². The standard InChI is InChI=1S/C20H26N2O5/c1-24-16-6-8-17(25-2)15(11-16)13-21-9-10-22-20(23)14-5-7-18(26-3)19(12-14)27-4/h5-8,11-12,21H,9-10,13H2,1-4H3,(H,22,23).